The van der Waals surface area contributed by atoms with Crippen LogP contribution in [0, 0.1) is 0 Å². The Morgan fingerprint density at radius 1 is 1.41 bits per heavy atom. The Bertz CT molecular complexity index is 521. The van der Waals surface area contributed by atoms with E-state index in [0.717, 1.165) is 22.5 Å². The van der Waals surface area contributed by atoms with Crippen molar-refractivity contribution in [2.45, 2.75) is 32.7 Å². The lowest BCUT2D eigenvalue weighted by Crippen LogP contribution is -2.33. The predicted octanol–water partition coefficient (Wildman–Crippen LogP) is 3.68. The maximum atomic E-state index is 5.92. The molecule has 2 aromatic heterocycles. The lowest BCUT2D eigenvalue weighted by molar-refractivity contribution is 0.639. The predicted molar refractivity (Wildman–Crippen MR) is 75.2 cm³/mol. The van der Waals surface area contributed by atoms with Gasteiger partial charge in [0, 0.05) is 16.3 Å². The number of aryl methyl sites for hydroxylation is 1. The zero-order valence-electron chi connectivity index (χ0n) is 10.2. The Morgan fingerprint density at radius 3 is 2.82 bits per heavy atom. The molecule has 0 aromatic carbocycles. The molecule has 92 valence electrons. The van der Waals surface area contributed by atoms with Crippen LogP contribution in [0.15, 0.2) is 12.4 Å². The fourth-order valence-electron chi connectivity index (χ4n) is 1.53. The summed E-state index contributed by atoms with van der Waals surface area (Å²) in [5.74, 6) is 1.40. The van der Waals surface area contributed by atoms with Crippen LogP contribution in [0.3, 0.4) is 0 Å². The second kappa shape index (κ2) is 4.78. The second-order valence-corrected chi connectivity index (χ2v) is 6.03. The molecule has 2 rings (SSSR count). The van der Waals surface area contributed by atoms with Gasteiger partial charge in [-0.15, -0.1) is 22.9 Å². The molecule has 2 aromatic rings. The highest BCUT2D eigenvalue weighted by molar-refractivity contribution is 7.18. The first-order valence-electron chi connectivity index (χ1n) is 5.63. The van der Waals surface area contributed by atoms with Crippen molar-refractivity contribution in [3.63, 3.8) is 0 Å². The molecule has 2 heterocycles. The SMILES string of the molecule is CCc1cc2c(NC(C)(C)CCl)ncnc2s1. The lowest BCUT2D eigenvalue weighted by Gasteiger charge is -2.24. The molecular weight excluding hydrogens is 254 g/mol. The van der Waals surface area contributed by atoms with E-state index in [9.17, 15) is 0 Å². The van der Waals surface area contributed by atoms with Gasteiger partial charge in [-0.05, 0) is 26.3 Å². The number of alkyl halides is 1. The van der Waals surface area contributed by atoms with E-state index >= 15 is 0 Å². The summed E-state index contributed by atoms with van der Waals surface area (Å²) in [6, 6.07) is 2.16. The summed E-state index contributed by atoms with van der Waals surface area (Å²) in [4.78, 5) is 11.0. The molecule has 0 saturated heterocycles. The van der Waals surface area contributed by atoms with Gasteiger partial charge < -0.3 is 5.32 Å². The van der Waals surface area contributed by atoms with Crippen LogP contribution < -0.4 is 5.32 Å². The number of anilines is 1. The first-order chi connectivity index (χ1) is 8.05. The van der Waals surface area contributed by atoms with Crippen molar-refractivity contribution in [3.05, 3.63) is 17.3 Å². The summed E-state index contributed by atoms with van der Waals surface area (Å²) in [7, 11) is 0. The Balaban J connectivity index is 2.43. The molecule has 0 aliphatic carbocycles. The third-order valence-electron chi connectivity index (χ3n) is 2.52. The minimum Gasteiger partial charge on any atom is -0.363 e. The highest BCUT2D eigenvalue weighted by Crippen LogP contribution is 2.29. The maximum Gasteiger partial charge on any atom is 0.138 e. The van der Waals surface area contributed by atoms with Crippen molar-refractivity contribution in [3.8, 4) is 0 Å². The number of rotatable bonds is 4. The molecule has 0 aliphatic heterocycles. The third-order valence-corrected chi connectivity index (χ3v) is 4.38. The van der Waals surface area contributed by atoms with Crippen LogP contribution in [0.5, 0.6) is 0 Å². The van der Waals surface area contributed by atoms with Gasteiger partial charge in [0.25, 0.3) is 0 Å². The molecule has 0 bridgehead atoms. The van der Waals surface area contributed by atoms with E-state index in [4.69, 9.17) is 11.6 Å². The molecule has 17 heavy (non-hydrogen) atoms. The largest absolute Gasteiger partial charge is 0.363 e. The molecule has 0 fully saturated rings. The van der Waals surface area contributed by atoms with E-state index < -0.39 is 0 Å². The molecular formula is C12H16ClN3S. The van der Waals surface area contributed by atoms with Gasteiger partial charge in [-0.3, -0.25) is 0 Å². The van der Waals surface area contributed by atoms with Gasteiger partial charge in [0.2, 0.25) is 0 Å². The molecule has 3 nitrogen and oxygen atoms in total. The van der Waals surface area contributed by atoms with E-state index in [2.05, 4.69) is 42.1 Å². The highest BCUT2D eigenvalue weighted by Gasteiger charge is 2.18. The molecule has 1 N–H and O–H groups in total. The monoisotopic (exact) mass is 269 g/mol. The average molecular weight is 270 g/mol. The topological polar surface area (TPSA) is 37.8 Å². The lowest BCUT2D eigenvalue weighted by atomic mass is 10.1. The van der Waals surface area contributed by atoms with Crippen molar-refractivity contribution in [1.82, 2.24) is 9.97 Å². The van der Waals surface area contributed by atoms with E-state index in [0.29, 0.717) is 5.88 Å². The van der Waals surface area contributed by atoms with Gasteiger partial charge in [0.15, 0.2) is 0 Å². The van der Waals surface area contributed by atoms with E-state index in [1.807, 2.05) is 0 Å². The molecule has 0 radical (unpaired) electrons. The number of halogens is 1. The van der Waals surface area contributed by atoms with Crippen LogP contribution in [0.1, 0.15) is 25.6 Å². The summed E-state index contributed by atoms with van der Waals surface area (Å²) < 4.78 is 0. The first kappa shape index (κ1) is 12.6. The van der Waals surface area contributed by atoms with Crippen LogP contribution in [0.2, 0.25) is 0 Å². The number of hydrogen-bond acceptors (Lipinski definition) is 4. The molecule has 0 aliphatic rings. The normalized spacial score (nSPS) is 12.0. The van der Waals surface area contributed by atoms with Crippen molar-refractivity contribution in [2.24, 2.45) is 0 Å². The van der Waals surface area contributed by atoms with Crippen LogP contribution in [-0.4, -0.2) is 21.4 Å². The quantitative estimate of drug-likeness (QED) is 0.861. The minimum atomic E-state index is -0.169. The number of thiophene rings is 1. The van der Waals surface area contributed by atoms with Gasteiger partial charge in [-0.1, -0.05) is 6.92 Å². The molecule has 0 saturated carbocycles. The zero-order chi connectivity index (χ0) is 12.5. The Morgan fingerprint density at radius 2 is 2.18 bits per heavy atom. The molecule has 0 atom stereocenters. The fraction of sp³-hybridized carbons (Fsp3) is 0.500. The minimum absolute atomic E-state index is 0.169. The van der Waals surface area contributed by atoms with E-state index in [-0.39, 0.29) is 5.54 Å². The number of aromatic nitrogens is 2. The zero-order valence-corrected chi connectivity index (χ0v) is 11.8. The number of nitrogens with one attached hydrogen (secondary N) is 1. The van der Waals surface area contributed by atoms with Gasteiger partial charge in [0.1, 0.15) is 17.0 Å². The standard InChI is InChI=1S/C12H16ClN3S/c1-4-8-5-9-10(16-12(2,3)6-13)14-7-15-11(9)17-8/h5,7H,4,6H2,1-3H3,(H,14,15,16). The van der Waals surface area contributed by atoms with Crippen LogP contribution in [-0.2, 0) is 6.42 Å². The summed E-state index contributed by atoms with van der Waals surface area (Å²) in [5, 5.41) is 4.46. The van der Waals surface area contributed by atoms with Crippen molar-refractivity contribution < 1.29 is 0 Å². The van der Waals surface area contributed by atoms with Gasteiger partial charge in [0.05, 0.1) is 5.39 Å². The summed E-state index contributed by atoms with van der Waals surface area (Å²) in [6.07, 6.45) is 2.63. The molecule has 0 unspecified atom stereocenters. The second-order valence-electron chi connectivity index (χ2n) is 4.65. The highest BCUT2D eigenvalue weighted by atomic mass is 35.5. The fourth-order valence-corrected chi connectivity index (χ4v) is 2.53. The van der Waals surface area contributed by atoms with Gasteiger partial charge in [-0.2, -0.15) is 0 Å². The van der Waals surface area contributed by atoms with Gasteiger partial charge >= 0.3 is 0 Å². The number of hydrogen-bond donors (Lipinski definition) is 1. The number of fused-ring (bicyclic) bond motifs is 1. The third kappa shape index (κ3) is 2.69. The van der Waals surface area contributed by atoms with Gasteiger partial charge in [-0.25, -0.2) is 9.97 Å². The van der Waals surface area contributed by atoms with Crippen molar-refractivity contribution in [2.75, 3.05) is 11.2 Å². The smallest absolute Gasteiger partial charge is 0.138 e. The molecule has 5 heteroatoms. The average Bonchev–Trinajstić information content (AvgIpc) is 2.73. The molecule has 0 amide bonds. The van der Waals surface area contributed by atoms with Crippen LogP contribution >= 0.6 is 22.9 Å². The summed E-state index contributed by atoms with van der Waals surface area (Å²) in [5.41, 5.74) is -0.169. The number of nitrogens with zero attached hydrogens (tertiary/aromatic N) is 2. The molecule has 0 spiro atoms. The Kier molecular flexibility index (Phi) is 3.54. The van der Waals surface area contributed by atoms with Crippen molar-refractivity contribution in [1.29, 1.82) is 0 Å². The van der Waals surface area contributed by atoms with Crippen LogP contribution in [0.25, 0.3) is 10.2 Å². The van der Waals surface area contributed by atoms with Crippen molar-refractivity contribution >= 4 is 39.0 Å². The van der Waals surface area contributed by atoms with Crippen LogP contribution in [0.4, 0.5) is 5.82 Å². The van der Waals surface area contributed by atoms with E-state index in [1.54, 1.807) is 17.7 Å². The Labute approximate surface area is 110 Å². The first-order valence-corrected chi connectivity index (χ1v) is 6.98. The van der Waals surface area contributed by atoms with E-state index in [1.165, 1.54) is 4.88 Å². The summed E-state index contributed by atoms with van der Waals surface area (Å²) in [6.45, 7) is 6.26. The summed E-state index contributed by atoms with van der Waals surface area (Å²) >= 11 is 7.64. The maximum absolute atomic E-state index is 5.92. The Hall–Kier alpha value is -0.870.